The zero-order valence-corrected chi connectivity index (χ0v) is 8.87. The first-order valence-corrected chi connectivity index (χ1v) is 4.72. The molecular formula is C9H10BrNO2. The van der Waals surface area contributed by atoms with Crippen molar-refractivity contribution in [2.75, 3.05) is 6.61 Å². The Bertz CT molecular complexity index is 292. The molecular weight excluding hydrogens is 234 g/mol. The number of rotatable bonds is 2. The molecule has 3 nitrogen and oxygen atoms in total. The number of nitrogens with zero attached hydrogens (tertiary/aromatic N) is 1. The fraction of sp³-hybridized carbons (Fsp3) is 0.333. The van der Waals surface area contributed by atoms with Gasteiger partial charge in [0.2, 0.25) is 0 Å². The second kappa shape index (κ2) is 4.97. The standard InChI is InChI=1S/C9H10BrNO2/c1-2-13-9(12)7-3-5-8(11-10)6-4-7/h3-5H,2,6H2,1H3. The van der Waals surface area contributed by atoms with Gasteiger partial charge < -0.3 is 4.74 Å². The molecule has 1 rings (SSSR count). The largest absolute Gasteiger partial charge is 0.462 e. The highest BCUT2D eigenvalue weighted by Crippen LogP contribution is 2.10. The average molecular weight is 244 g/mol. The Hall–Kier alpha value is -0.900. The van der Waals surface area contributed by atoms with E-state index in [1.165, 1.54) is 0 Å². The summed E-state index contributed by atoms with van der Waals surface area (Å²) in [5.41, 5.74) is 1.50. The van der Waals surface area contributed by atoms with Gasteiger partial charge in [-0.2, -0.15) is 0 Å². The number of carbonyl (C=O) groups excluding carboxylic acids is 1. The monoisotopic (exact) mass is 243 g/mol. The molecule has 0 N–H and O–H groups in total. The molecule has 0 spiro atoms. The lowest BCUT2D eigenvalue weighted by molar-refractivity contribution is -0.138. The Morgan fingerprint density at radius 1 is 1.69 bits per heavy atom. The Labute approximate surface area is 85.5 Å². The average Bonchev–Trinajstić information content (AvgIpc) is 2.18. The quantitative estimate of drug-likeness (QED) is 0.698. The second-order valence-electron chi connectivity index (χ2n) is 2.49. The van der Waals surface area contributed by atoms with Crippen molar-refractivity contribution in [3.05, 3.63) is 23.8 Å². The van der Waals surface area contributed by atoms with Crippen LogP contribution in [0.3, 0.4) is 0 Å². The lowest BCUT2D eigenvalue weighted by atomic mass is 10.1. The number of halogens is 1. The van der Waals surface area contributed by atoms with Gasteiger partial charge in [-0.15, -0.1) is 0 Å². The van der Waals surface area contributed by atoms with Crippen molar-refractivity contribution in [1.29, 1.82) is 0 Å². The van der Waals surface area contributed by atoms with Gasteiger partial charge >= 0.3 is 5.97 Å². The first kappa shape index (κ1) is 10.2. The van der Waals surface area contributed by atoms with Crippen LogP contribution in [0, 0.1) is 0 Å². The molecule has 0 saturated heterocycles. The molecule has 1 aliphatic carbocycles. The molecule has 4 heteroatoms. The van der Waals surface area contributed by atoms with E-state index < -0.39 is 0 Å². The van der Waals surface area contributed by atoms with Gasteiger partial charge in [0.15, 0.2) is 0 Å². The summed E-state index contributed by atoms with van der Waals surface area (Å²) >= 11 is 2.99. The zero-order valence-electron chi connectivity index (χ0n) is 7.29. The van der Waals surface area contributed by atoms with Crippen LogP contribution in [0.15, 0.2) is 27.8 Å². The lowest BCUT2D eigenvalue weighted by Gasteiger charge is -2.06. The lowest BCUT2D eigenvalue weighted by Crippen LogP contribution is -2.09. The summed E-state index contributed by atoms with van der Waals surface area (Å²) in [6, 6.07) is 0. The van der Waals surface area contributed by atoms with Crippen LogP contribution in [0.5, 0.6) is 0 Å². The van der Waals surface area contributed by atoms with E-state index in [0.29, 0.717) is 18.6 Å². The van der Waals surface area contributed by atoms with Crippen molar-refractivity contribution in [2.24, 2.45) is 4.02 Å². The molecule has 0 fully saturated rings. The Balaban J connectivity index is 2.62. The number of carbonyl (C=O) groups is 1. The van der Waals surface area contributed by atoms with Gasteiger partial charge in [0, 0.05) is 6.42 Å². The van der Waals surface area contributed by atoms with Crippen LogP contribution in [-0.2, 0) is 9.53 Å². The fourth-order valence-corrected chi connectivity index (χ4v) is 1.23. The summed E-state index contributed by atoms with van der Waals surface area (Å²) in [6.45, 7) is 2.19. The highest BCUT2D eigenvalue weighted by Gasteiger charge is 2.10. The molecule has 0 amide bonds. The Kier molecular flexibility index (Phi) is 3.89. The molecule has 0 bridgehead atoms. The summed E-state index contributed by atoms with van der Waals surface area (Å²) in [5.74, 6) is -0.271. The molecule has 0 aromatic carbocycles. The molecule has 70 valence electrons. The van der Waals surface area contributed by atoms with E-state index >= 15 is 0 Å². The predicted octanol–water partition coefficient (Wildman–Crippen LogP) is 2.19. The van der Waals surface area contributed by atoms with Crippen molar-refractivity contribution < 1.29 is 9.53 Å². The predicted molar refractivity (Wildman–Crippen MR) is 54.8 cm³/mol. The molecule has 0 atom stereocenters. The maximum absolute atomic E-state index is 11.2. The van der Waals surface area contributed by atoms with E-state index in [-0.39, 0.29) is 5.97 Å². The van der Waals surface area contributed by atoms with Crippen LogP contribution in [0.2, 0.25) is 0 Å². The second-order valence-corrected chi connectivity index (χ2v) is 2.85. The summed E-state index contributed by atoms with van der Waals surface area (Å²) in [5, 5.41) is 0. The topological polar surface area (TPSA) is 38.7 Å². The van der Waals surface area contributed by atoms with E-state index in [0.717, 1.165) is 5.71 Å². The van der Waals surface area contributed by atoms with Crippen LogP contribution in [0.25, 0.3) is 0 Å². The number of allylic oxidation sites excluding steroid dienone is 2. The molecule has 0 aromatic heterocycles. The Morgan fingerprint density at radius 3 is 2.92 bits per heavy atom. The number of ether oxygens (including phenoxy) is 1. The van der Waals surface area contributed by atoms with E-state index in [1.54, 1.807) is 25.2 Å². The maximum Gasteiger partial charge on any atom is 0.337 e. The number of esters is 1. The normalized spacial score (nSPS) is 18.6. The minimum absolute atomic E-state index is 0.271. The summed E-state index contributed by atoms with van der Waals surface area (Å²) < 4.78 is 8.67. The summed E-state index contributed by atoms with van der Waals surface area (Å²) in [7, 11) is 0. The number of hydrogen-bond donors (Lipinski definition) is 0. The van der Waals surface area contributed by atoms with Gasteiger partial charge in [-0.3, -0.25) is 0 Å². The highest BCUT2D eigenvalue weighted by molar-refractivity contribution is 9.08. The van der Waals surface area contributed by atoms with Gasteiger partial charge in [-0.25, -0.2) is 8.81 Å². The third kappa shape index (κ3) is 2.81. The molecule has 0 unspecified atom stereocenters. The Morgan fingerprint density at radius 2 is 2.46 bits per heavy atom. The van der Waals surface area contributed by atoms with Crippen LogP contribution >= 0.6 is 16.1 Å². The molecule has 0 saturated carbocycles. The van der Waals surface area contributed by atoms with Crippen molar-refractivity contribution in [3.63, 3.8) is 0 Å². The van der Waals surface area contributed by atoms with E-state index in [1.807, 2.05) is 0 Å². The first-order valence-electron chi connectivity index (χ1n) is 4.01. The minimum Gasteiger partial charge on any atom is -0.462 e. The van der Waals surface area contributed by atoms with Gasteiger partial charge in [0.1, 0.15) is 0 Å². The first-order chi connectivity index (χ1) is 6.27. The SMILES string of the molecule is CCOC(=O)C1=CCC(=NBr)C=C1. The van der Waals surface area contributed by atoms with Crippen molar-refractivity contribution in [2.45, 2.75) is 13.3 Å². The van der Waals surface area contributed by atoms with Crippen molar-refractivity contribution in [3.8, 4) is 0 Å². The maximum atomic E-state index is 11.2. The highest BCUT2D eigenvalue weighted by atomic mass is 79.9. The zero-order chi connectivity index (χ0) is 9.68. The molecule has 0 radical (unpaired) electrons. The van der Waals surface area contributed by atoms with Crippen LogP contribution in [0.4, 0.5) is 0 Å². The molecule has 0 heterocycles. The van der Waals surface area contributed by atoms with E-state index in [2.05, 4.69) is 20.2 Å². The molecule has 0 aliphatic heterocycles. The fourth-order valence-electron chi connectivity index (χ4n) is 0.965. The third-order valence-electron chi connectivity index (χ3n) is 1.61. The van der Waals surface area contributed by atoms with Crippen LogP contribution in [0.1, 0.15) is 13.3 Å². The van der Waals surface area contributed by atoms with Gasteiger partial charge in [-0.05, 0) is 19.1 Å². The van der Waals surface area contributed by atoms with Crippen molar-refractivity contribution in [1.82, 2.24) is 0 Å². The van der Waals surface area contributed by atoms with Gasteiger partial charge in [0.25, 0.3) is 0 Å². The van der Waals surface area contributed by atoms with Crippen LogP contribution < -0.4 is 0 Å². The number of hydrogen-bond acceptors (Lipinski definition) is 3. The van der Waals surface area contributed by atoms with Crippen LogP contribution in [-0.4, -0.2) is 18.3 Å². The van der Waals surface area contributed by atoms with E-state index in [4.69, 9.17) is 4.74 Å². The minimum atomic E-state index is -0.271. The summed E-state index contributed by atoms with van der Waals surface area (Å²) in [4.78, 5) is 11.2. The molecule has 13 heavy (non-hydrogen) atoms. The van der Waals surface area contributed by atoms with E-state index in [9.17, 15) is 4.79 Å². The van der Waals surface area contributed by atoms with Crippen molar-refractivity contribution >= 4 is 27.8 Å². The molecule has 1 aliphatic rings. The van der Waals surface area contributed by atoms with Gasteiger partial charge in [0.05, 0.1) is 34.0 Å². The summed E-state index contributed by atoms with van der Waals surface area (Å²) in [6.07, 6.45) is 5.97. The smallest absolute Gasteiger partial charge is 0.337 e. The molecule has 0 aromatic rings. The third-order valence-corrected chi connectivity index (χ3v) is 2.06. The van der Waals surface area contributed by atoms with Gasteiger partial charge in [-0.1, -0.05) is 6.08 Å².